The molecule has 2 heterocycles. The molecule has 2 fully saturated rings. The van der Waals surface area contributed by atoms with Crippen molar-refractivity contribution in [3.63, 3.8) is 0 Å². The first kappa shape index (κ1) is 15.0. The van der Waals surface area contributed by atoms with Crippen molar-refractivity contribution in [1.29, 1.82) is 0 Å². The van der Waals surface area contributed by atoms with E-state index in [-0.39, 0.29) is 0 Å². The van der Waals surface area contributed by atoms with Crippen molar-refractivity contribution in [3.05, 3.63) is 29.6 Å². The lowest BCUT2D eigenvalue weighted by Gasteiger charge is -2.49. The van der Waals surface area contributed by atoms with E-state index in [4.69, 9.17) is 0 Å². The van der Waals surface area contributed by atoms with Gasteiger partial charge < -0.3 is 10.2 Å². The van der Waals surface area contributed by atoms with Crippen molar-refractivity contribution in [2.24, 2.45) is 11.8 Å². The minimum Gasteiger partial charge on any atom is -0.309 e. The van der Waals surface area contributed by atoms with Crippen LogP contribution in [0.2, 0.25) is 0 Å². The maximum absolute atomic E-state index is 4.27. The lowest BCUT2D eigenvalue weighted by atomic mass is 9.73. The molecular formula is C18H29N3. The lowest BCUT2D eigenvalue weighted by molar-refractivity contribution is 0.0289. The minimum atomic E-state index is 0.689. The average molecular weight is 287 g/mol. The van der Waals surface area contributed by atoms with E-state index in [9.17, 15) is 0 Å². The molecule has 3 heteroatoms. The molecule has 0 amide bonds. The number of aromatic nitrogens is 1. The Bertz CT molecular complexity index is 457. The molecule has 1 aromatic heterocycles. The summed E-state index contributed by atoms with van der Waals surface area (Å²) >= 11 is 0. The predicted octanol–water partition coefficient (Wildman–Crippen LogP) is 2.99. The molecule has 2 atom stereocenters. The molecule has 0 spiro atoms. The Morgan fingerprint density at radius 3 is 2.62 bits per heavy atom. The van der Waals surface area contributed by atoms with Crippen molar-refractivity contribution < 1.29 is 0 Å². The molecule has 2 bridgehead atoms. The van der Waals surface area contributed by atoms with E-state index in [2.05, 4.69) is 42.0 Å². The largest absolute Gasteiger partial charge is 0.309 e. The smallest absolute Gasteiger partial charge is 0.0315 e. The van der Waals surface area contributed by atoms with Gasteiger partial charge in [-0.05, 0) is 62.6 Å². The molecule has 2 aliphatic rings. The normalized spacial score (nSPS) is 29.8. The van der Waals surface area contributed by atoms with Gasteiger partial charge in [0.25, 0.3) is 0 Å². The molecule has 1 N–H and O–H groups in total. The summed E-state index contributed by atoms with van der Waals surface area (Å²) in [4.78, 5) is 6.95. The van der Waals surface area contributed by atoms with Crippen LogP contribution < -0.4 is 5.32 Å². The van der Waals surface area contributed by atoms with Crippen LogP contribution >= 0.6 is 0 Å². The van der Waals surface area contributed by atoms with Crippen LogP contribution in [0.25, 0.3) is 0 Å². The number of piperidine rings is 1. The number of hydrogen-bond acceptors (Lipinski definition) is 3. The second-order valence-corrected chi connectivity index (χ2v) is 7.21. The molecule has 1 aliphatic heterocycles. The summed E-state index contributed by atoms with van der Waals surface area (Å²) in [5.74, 6) is 1.66. The molecule has 1 aromatic rings. The molecule has 0 radical (unpaired) electrons. The minimum absolute atomic E-state index is 0.689. The summed E-state index contributed by atoms with van der Waals surface area (Å²) in [7, 11) is 0. The summed E-state index contributed by atoms with van der Waals surface area (Å²) in [6, 6.07) is 3.50. The predicted molar refractivity (Wildman–Crippen MR) is 87.1 cm³/mol. The molecule has 21 heavy (non-hydrogen) atoms. The topological polar surface area (TPSA) is 28.2 Å². The number of aryl methyl sites for hydroxylation is 1. The van der Waals surface area contributed by atoms with E-state index in [1.54, 1.807) is 0 Å². The van der Waals surface area contributed by atoms with Gasteiger partial charge in [-0.25, -0.2) is 0 Å². The van der Waals surface area contributed by atoms with E-state index in [0.29, 0.717) is 12.1 Å². The van der Waals surface area contributed by atoms with Gasteiger partial charge in [0, 0.05) is 44.1 Å². The third kappa shape index (κ3) is 3.29. The van der Waals surface area contributed by atoms with Gasteiger partial charge in [0.05, 0.1) is 0 Å². The van der Waals surface area contributed by atoms with E-state index in [1.165, 1.54) is 43.5 Å². The lowest BCUT2D eigenvalue weighted by Crippen LogP contribution is -2.58. The zero-order valence-corrected chi connectivity index (χ0v) is 13.7. The highest BCUT2D eigenvalue weighted by molar-refractivity contribution is 5.21. The fraction of sp³-hybridized carbons (Fsp3) is 0.722. The number of likely N-dealkylation sites (tertiary alicyclic amines) is 1. The summed E-state index contributed by atoms with van der Waals surface area (Å²) in [6.45, 7) is 10.4. The molecule has 3 rings (SSSR count). The molecule has 1 saturated heterocycles. The van der Waals surface area contributed by atoms with Gasteiger partial charge in [0.1, 0.15) is 0 Å². The Balaban J connectivity index is 1.64. The molecule has 1 aliphatic carbocycles. The molecule has 3 nitrogen and oxygen atoms in total. The van der Waals surface area contributed by atoms with E-state index in [1.807, 2.05) is 12.4 Å². The van der Waals surface area contributed by atoms with Gasteiger partial charge in [-0.2, -0.15) is 0 Å². The second-order valence-electron chi connectivity index (χ2n) is 7.21. The van der Waals surface area contributed by atoms with Crippen LogP contribution in [-0.4, -0.2) is 35.1 Å². The van der Waals surface area contributed by atoms with Gasteiger partial charge in [0.2, 0.25) is 0 Å². The van der Waals surface area contributed by atoms with Crippen molar-refractivity contribution >= 4 is 0 Å². The Morgan fingerprint density at radius 2 is 2.00 bits per heavy atom. The molecule has 0 aromatic carbocycles. The standard InChI is InChI=1S/C18H29N3/c1-13(2)21-11-15-5-4-6-16(12-21)18(15)20-10-17-9-19-8-7-14(17)3/h7-9,13,15-16,18,20H,4-6,10-12H2,1-3H3. The van der Waals surface area contributed by atoms with Gasteiger partial charge in [-0.1, -0.05) is 6.42 Å². The SMILES string of the molecule is Cc1ccncc1CNC1C2CCCC1CN(C(C)C)C2. The summed E-state index contributed by atoms with van der Waals surface area (Å²) in [5, 5.41) is 3.87. The number of nitrogens with zero attached hydrogens (tertiary/aromatic N) is 2. The van der Waals surface area contributed by atoms with Gasteiger partial charge in [0.15, 0.2) is 0 Å². The highest BCUT2D eigenvalue weighted by atomic mass is 15.2. The fourth-order valence-corrected chi connectivity index (χ4v) is 4.14. The Hall–Kier alpha value is -0.930. The first-order chi connectivity index (χ1) is 10.1. The van der Waals surface area contributed by atoms with Crippen molar-refractivity contribution in [2.75, 3.05) is 13.1 Å². The average Bonchev–Trinajstić information content (AvgIpc) is 2.45. The first-order valence-electron chi connectivity index (χ1n) is 8.52. The van der Waals surface area contributed by atoms with Crippen LogP contribution in [0.3, 0.4) is 0 Å². The maximum atomic E-state index is 4.27. The third-order valence-corrected chi connectivity index (χ3v) is 5.51. The van der Waals surface area contributed by atoms with Crippen LogP contribution in [0.4, 0.5) is 0 Å². The maximum Gasteiger partial charge on any atom is 0.0315 e. The Morgan fingerprint density at radius 1 is 1.29 bits per heavy atom. The highest BCUT2D eigenvalue weighted by Gasteiger charge is 2.39. The Labute approximate surface area is 129 Å². The summed E-state index contributed by atoms with van der Waals surface area (Å²) < 4.78 is 0. The van der Waals surface area contributed by atoms with Gasteiger partial charge in [-0.3, -0.25) is 4.98 Å². The van der Waals surface area contributed by atoms with Crippen LogP contribution in [0.5, 0.6) is 0 Å². The highest BCUT2D eigenvalue weighted by Crippen LogP contribution is 2.35. The van der Waals surface area contributed by atoms with E-state index in [0.717, 1.165) is 18.4 Å². The van der Waals surface area contributed by atoms with E-state index >= 15 is 0 Å². The van der Waals surface area contributed by atoms with Crippen molar-refractivity contribution in [2.45, 2.75) is 58.7 Å². The zero-order chi connectivity index (χ0) is 14.8. The molecule has 116 valence electrons. The summed E-state index contributed by atoms with van der Waals surface area (Å²) in [5.41, 5.74) is 2.70. The molecule has 1 saturated carbocycles. The van der Waals surface area contributed by atoms with Gasteiger partial charge >= 0.3 is 0 Å². The first-order valence-corrected chi connectivity index (χ1v) is 8.52. The number of nitrogens with one attached hydrogen (secondary N) is 1. The number of hydrogen-bond donors (Lipinski definition) is 1. The van der Waals surface area contributed by atoms with E-state index < -0.39 is 0 Å². The monoisotopic (exact) mass is 287 g/mol. The van der Waals surface area contributed by atoms with Gasteiger partial charge in [-0.15, -0.1) is 0 Å². The third-order valence-electron chi connectivity index (χ3n) is 5.51. The van der Waals surface area contributed by atoms with Crippen LogP contribution in [-0.2, 0) is 6.54 Å². The Kier molecular flexibility index (Phi) is 4.60. The fourth-order valence-electron chi connectivity index (χ4n) is 4.14. The van der Waals surface area contributed by atoms with Crippen LogP contribution in [0.15, 0.2) is 18.5 Å². The molecule has 2 unspecified atom stereocenters. The second kappa shape index (κ2) is 6.45. The summed E-state index contributed by atoms with van der Waals surface area (Å²) in [6.07, 6.45) is 8.11. The zero-order valence-electron chi connectivity index (χ0n) is 13.7. The number of pyridine rings is 1. The van der Waals surface area contributed by atoms with Crippen molar-refractivity contribution in [1.82, 2.24) is 15.2 Å². The van der Waals surface area contributed by atoms with Crippen LogP contribution in [0.1, 0.15) is 44.2 Å². The quantitative estimate of drug-likeness (QED) is 0.923. The molecular weight excluding hydrogens is 258 g/mol. The number of fused-ring (bicyclic) bond motifs is 2. The number of rotatable bonds is 4. The van der Waals surface area contributed by atoms with Crippen molar-refractivity contribution in [3.8, 4) is 0 Å². The van der Waals surface area contributed by atoms with Crippen LogP contribution in [0, 0.1) is 18.8 Å².